The minimum absolute atomic E-state index is 0.563. The van der Waals surface area contributed by atoms with Gasteiger partial charge in [0.2, 0.25) is 0 Å². The standard InChI is InChI=1S/C25H35N7S2/c1-6-31(7-2)24(33)29-27-22(19-13-11-10-12-14-19)23(20-15-17-21(26-5)18-16-20)28-30-25(34)32(8-3)9-4/h10-18,26H,6-9H2,1-5H3,(H,29,33)(H,30,34). The fourth-order valence-corrected chi connectivity index (χ4v) is 3.88. The number of anilines is 1. The van der Waals surface area contributed by atoms with E-state index in [9.17, 15) is 0 Å². The summed E-state index contributed by atoms with van der Waals surface area (Å²) >= 11 is 11.1. The third-order valence-electron chi connectivity index (χ3n) is 5.35. The highest BCUT2D eigenvalue weighted by Gasteiger charge is 2.17. The summed E-state index contributed by atoms with van der Waals surface area (Å²) in [6, 6.07) is 18.0. The Labute approximate surface area is 214 Å². The Morgan fingerprint density at radius 1 is 0.676 bits per heavy atom. The van der Waals surface area contributed by atoms with Crippen LogP contribution in [-0.4, -0.2) is 64.7 Å². The average molecular weight is 498 g/mol. The zero-order chi connectivity index (χ0) is 24.9. The van der Waals surface area contributed by atoms with Crippen LogP contribution in [0.4, 0.5) is 5.69 Å². The molecule has 2 aromatic carbocycles. The molecule has 2 aromatic rings. The largest absolute Gasteiger partial charge is 0.388 e. The summed E-state index contributed by atoms with van der Waals surface area (Å²) in [5, 5.41) is 13.8. The molecule has 0 spiro atoms. The normalized spacial score (nSPS) is 11.6. The molecule has 3 N–H and O–H groups in total. The van der Waals surface area contributed by atoms with E-state index in [1.54, 1.807) is 0 Å². The van der Waals surface area contributed by atoms with Crippen molar-refractivity contribution in [1.82, 2.24) is 20.7 Å². The Bertz CT molecular complexity index is 980. The first kappa shape index (κ1) is 27.2. The third-order valence-corrected chi connectivity index (χ3v) is 6.05. The molecule has 0 atom stereocenters. The molecule has 2 rings (SSSR count). The first-order valence-electron chi connectivity index (χ1n) is 11.6. The summed E-state index contributed by atoms with van der Waals surface area (Å²) < 4.78 is 0. The number of hydrogen-bond acceptors (Lipinski definition) is 5. The molecule has 0 aliphatic heterocycles. The number of benzene rings is 2. The van der Waals surface area contributed by atoms with Gasteiger partial charge in [0, 0.05) is 50.0 Å². The molecule has 0 fully saturated rings. The van der Waals surface area contributed by atoms with Crippen LogP contribution in [0.5, 0.6) is 0 Å². The summed E-state index contributed by atoms with van der Waals surface area (Å²) in [4.78, 5) is 4.07. The SMILES string of the molecule is CCN(CC)C(=S)NN=C(C(=NNC(=S)N(CC)CC)c1ccc(NC)cc1)c1ccccc1. The quantitative estimate of drug-likeness (QED) is 0.257. The molecule has 0 saturated heterocycles. The van der Waals surface area contributed by atoms with Gasteiger partial charge in [-0.25, -0.2) is 0 Å². The second-order valence-corrected chi connectivity index (χ2v) is 8.07. The molecule has 0 heterocycles. The Morgan fingerprint density at radius 2 is 1.09 bits per heavy atom. The smallest absolute Gasteiger partial charge is 0.189 e. The molecular formula is C25H35N7S2. The summed E-state index contributed by atoms with van der Waals surface area (Å²) in [5.74, 6) is 0. The molecule has 0 aliphatic carbocycles. The topological polar surface area (TPSA) is 67.3 Å². The van der Waals surface area contributed by atoms with Crippen LogP contribution in [-0.2, 0) is 0 Å². The second kappa shape index (κ2) is 14.3. The van der Waals surface area contributed by atoms with E-state index in [0.29, 0.717) is 21.6 Å². The Balaban J connectivity index is 2.57. The van der Waals surface area contributed by atoms with E-state index in [-0.39, 0.29) is 0 Å². The van der Waals surface area contributed by atoms with Crippen molar-refractivity contribution in [2.75, 3.05) is 38.5 Å². The van der Waals surface area contributed by atoms with Crippen LogP contribution in [0.15, 0.2) is 64.8 Å². The molecule has 0 bridgehead atoms. The van der Waals surface area contributed by atoms with Gasteiger partial charge in [0.15, 0.2) is 10.2 Å². The predicted molar refractivity (Wildman–Crippen MR) is 153 cm³/mol. The van der Waals surface area contributed by atoms with E-state index >= 15 is 0 Å². The molecule has 0 unspecified atom stereocenters. The van der Waals surface area contributed by atoms with Crippen LogP contribution in [0.2, 0.25) is 0 Å². The predicted octanol–water partition coefficient (Wildman–Crippen LogP) is 4.27. The Morgan fingerprint density at radius 3 is 1.47 bits per heavy atom. The maximum atomic E-state index is 5.57. The zero-order valence-electron chi connectivity index (χ0n) is 20.6. The molecule has 7 nitrogen and oxygen atoms in total. The maximum absolute atomic E-state index is 5.57. The Kier molecular flexibility index (Phi) is 11.4. The van der Waals surface area contributed by atoms with Crippen molar-refractivity contribution in [3.05, 3.63) is 65.7 Å². The van der Waals surface area contributed by atoms with Gasteiger partial charge in [-0.2, -0.15) is 10.2 Å². The molecule has 182 valence electrons. The van der Waals surface area contributed by atoms with Gasteiger partial charge in [0.1, 0.15) is 11.4 Å². The lowest BCUT2D eigenvalue weighted by molar-refractivity contribution is 0.457. The van der Waals surface area contributed by atoms with E-state index in [2.05, 4.69) is 43.9 Å². The maximum Gasteiger partial charge on any atom is 0.189 e. The highest BCUT2D eigenvalue weighted by molar-refractivity contribution is 7.80. The minimum Gasteiger partial charge on any atom is -0.388 e. The van der Waals surface area contributed by atoms with Gasteiger partial charge in [-0.1, -0.05) is 42.5 Å². The number of nitrogens with one attached hydrogen (secondary N) is 3. The number of rotatable bonds is 10. The average Bonchev–Trinajstić information content (AvgIpc) is 2.88. The van der Waals surface area contributed by atoms with Crippen molar-refractivity contribution < 1.29 is 0 Å². The van der Waals surface area contributed by atoms with Gasteiger partial charge in [0.25, 0.3) is 0 Å². The number of thiocarbonyl (C=S) groups is 2. The Hall–Kier alpha value is -3.04. The second-order valence-electron chi connectivity index (χ2n) is 7.29. The van der Waals surface area contributed by atoms with Crippen molar-refractivity contribution in [2.45, 2.75) is 27.7 Å². The van der Waals surface area contributed by atoms with Crippen LogP contribution < -0.4 is 16.2 Å². The lowest BCUT2D eigenvalue weighted by Crippen LogP contribution is -2.39. The lowest BCUT2D eigenvalue weighted by atomic mass is 9.99. The molecule has 9 heteroatoms. The molecule has 0 amide bonds. The van der Waals surface area contributed by atoms with Gasteiger partial charge in [0.05, 0.1) is 0 Å². The molecule has 34 heavy (non-hydrogen) atoms. The minimum atomic E-state index is 0.563. The zero-order valence-corrected chi connectivity index (χ0v) is 22.3. The van der Waals surface area contributed by atoms with Crippen molar-refractivity contribution in [1.29, 1.82) is 0 Å². The van der Waals surface area contributed by atoms with Gasteiger partial charge in [-0.3, -0.25) is 10.9 Å². The summed E-state index contributed by atoms with van der Waals surface area (Å²) in [6.07, 6.45) is 0. The van der Waals surface area contributed by atoms with Crippen molar-refractivity contribution in [2.24, 2.45) is 10.2 Å². The molecule has 0 aromatic heterocycles. The van der Waals surface area contributed by atoms with Crippen LogP contribution in [0.3, 0.4) is 0 Å². The van der Waals surface area contributed by atoms with Crippen molar-refractivity contribution >= 4 is 51.8 Å². The van der Waals surface area contributed by atoms with E-state index < -0.39 is 0 Å². The molecular weight excluding hydrogens is 462 g/mol. The third kappa shape index (κ3) is 7.50. The molecule has 0 aliphatic rings. The monoisotopic (exact) mass is 497 g/mol. The molecule has 0 saturated carbocycles. The lowest BCUT2D eigenvalue weighted by Gasteiger charge is -2.22. The van der Waals surface area contributed by atoms with Crippen molar-refractivity contribution in [3.8, 4) is 0 Å². The number of hydrazone groups is 2. The first-order chi connectivity index (χ1) is 16.5. The van der Waals surface area contributed by atoms with Crippen LogP contribution in [0.1, 0.15) is 38.8 Å². The number of hydrogen-bond donors (Lipinski definition) is 3. The highest BCUT2D eigenvalue weighted by Crippen LogP contribution is 2.14. The van der Waals surface area contributed by atoms with Crippen LogP contribution in [0.25, 0.3) is 0 Å². The number of nitrogens with zero attached hydrogens (tertiary/aromatic N) is 4. The summed E-state index contributed by atoms with van der Waals surface area (Å²) in [7, 11) is 1.89. The summed E-state index contributed by atoms with van der Waals surface area (Å²) in [6.45, 7) is 11.4. The highest BCUT2D eigenvalue weighted by atomic mass is 32.1. The van der Waals surface area contributed by atoms with Gasteiger partial charge < -0.3 is 15.1 Å². The van der Waals surface area contributed by atoms with Crippen LogP contribution in [0, 0.1) is 0 Å². The van der Waals surface area contributed by atoms with Crippen molar-refractivity contribution in [3.63, 3.8) is 0 Å². The van der Waals surface area contributed by atoms with E-state index in [4.69, 9.17) is 34.6 Å². The van der Waals surface area contributed by atoms with Gasteiger partial charge >= 0.3 is 0 Å². The van der Waals surface area contributed by atoms with E-state index in [0.717, 1.165) is 43.0 Å². The van der Waals surface area contributed by atoms with E-state index in [1.165, 1.54) is 0 Å². The fourth-order valence-electron chi connectivity index (χ4n) is 3.27. The first-order valence-corrected chi connectivity index (χ1v) is 12.4. The fraction of sp³-hybridized carbons (Fsp3) is 0.360. The van der Waals surface area contributed by atoms with Gasteiger partial charge in [-0.15, -0.1) is 0 Å². The van der Waals surface area contributed by atoms with Crippen LogP contribution >= 0.6 is 24.4 Å². The van der Waals surface area contributed by atoms with Gasteiger partial charge in [-0.05, 0) is 64.3 Å². The summed E-state index contributed by atoms with van der Waals surface area (Å²) in [5.41, 5.74) is 10.3. The van der Waals surface area contributed by atoms with E-state index in [1.807, 2.05) is 71.4 Å². The molecule has 0 radical (unpaired) electrons.